The first-order valence-corrected chi connectivity index (χ1v) is 17.5. The molecule has 6 rings (SSSR count). The number of esters is 1. The third-order valence-corrected chi connectivity index (χ3v) is 10.6. The number of ether oxygens (including phenoxy) is 3. The number of benzene rings is 3. The third kappa shape index (κ3) is 7.01. The highest BCUT2D eigenvalue weighted by Gasteiger charge is 2.47. The van der Waals surface area contributed by atoms with Gasteiger partial charge >= 0.3 is 5.97 Å². The molecule has 0 saturated carbocycles. The van der Waals surface area contributed by atoms with E-state index in [4.69, 9.17) is 25.8 Å². The number of rotatable bonds is 9. The lowest BCUT2D eigenvalue weighted by Gasteiger charge is -2.51. The van der Waals surface area contributed by atoms with Crippen LogP contribution in [0.15, 0.2) is 60.7 Å². The minimum Gasteiger partial charge on any atom is -0.493 e. The highest BCUT2D eigenvalue weighted by Crippen LogP contribution is 2.47. The van der Waals surface area contributed by atoms with Gasteiger partial charge < -0.3 is 29.1 Å². The van der Waals surface area contributed by atoms with Gasteiger partial charge in [-0.2, -0.15) is 0 Å². The number of methoxy groups -OCH3 is 1. The van der Waals surface area contributed by atoms with E-state index in [1.54, 1.807) is 7.11 Å². The molecule has 3 aromatic carbocycles. The first-order valence-electron chi connectivity index (χ1n) is 17.1. The van der Waals surface area contributed by atoms with Gasteiger partial charge in [0.2, 0.25) is 5.91 Å². The molecule has 49 heavy (non-hydrogen) atoms. The zero-order valence-electron chi connectivity index (χ0n) is 28.8. The third-order valence-electron chi connectivity index (χ3n) is 10.3. The van der Waals surface area contributed by atoms with Crippen LogP contribution in [0.4, 0.5) is 5.69 Å². The molecule has 3 aromatic rings. The molecule has 3 unspecified atom stereocenters. The van der Waals surface area contributed by atoms with Crippen LogP contribution in [0, 0.1) is 5.92 Å². The van der Waals surface area contributed by atoms with Crippen molar-refractivity contribution in [1.82, 2.24) is 4.90 Å². The molecule has 0 aliphatic carbocycles. The van der Waals surface area contributed by atoms with Gasteiger partial charge in [0, 0.05) is 29.7 Å². The summed E-state index contributed by atoms with van der Waals surface area (Å²) >= 11 is 6.28. The normalized spacial score (nSPS) is 23.1. The summed E-state index contributed by atoms with van der Waals surface area (Å²) in [5.41, 5.74) is 3.01. The number of piperidine rings is 2. The summed E-state index contributed by atoms with van der Waals surface area (Å²) in [5, 5.41) is 12.7. The van der Waals surface area contributed by atoms with Crippen LogP contribution in [0.25, 0.3) is 0 Å². The predicted molar refractivity (Wildman–Crippen MR) is 187 cm³/mol. The number of hydrogen-bond acceptors (Lipinski definition) is 7. The van der Waals surface area contributed by atoms with Gasteiger partial charge in [0.25, 0.3) is 5.91 Å². The van der Waals surface area contributed by atoms with Gasteiger partial charge in [-0.05, 0) is 117 Å². The van der Waals surface area contributed by atoms with E-state index in [0.29, 0.717) is 35.1 Å². The second-order valence-electron chi connectivity index (χ2n) is 13.9. The molecule has 0 radical (unpaired) electrons. The molecule has 3 aliphatic rings. The minimum atomic E-state index is -1.16. The number of anilines is 1. The Bertz CT molecular complexity index is 1690. The van der Waals surface area contributed by atoms with Crippen LogP contribution in [0.2, 0.25) is 5.02 Å². The van der Waals surface area contributed by atoms with Crippen molar-refractivity contribution in [1.29, 1.82) is 0 Å². The number of fused-ring (bicyclic) bond motifs is 3. The van der Waals surface area contributed by atoms with E-state index in [1.165, 1.54) is 6.92 Å². The number of aliphatic hydroxyl groups is 1. The topological polar surface area (TPSA) is 106 Å². The zero-order valence-corrected chi connectivity index (χ0v) is 29.5. The van der Waals surface area contributed by atoms with Crippen LogP contribution in [0.5, 0.6) is 11.5 Å². The van der Waals surface area contributed by atoms with Crippen molar-refractivity contribution in [3.63, 3.8) is 0 Å². The van der Waals surface area contributed by atoms with Crippen LogP contribution < -0.4 is 14.4 Å². The van der Waals surface area contributed by atoms with E-state index in [0.717, 1.165) is 41.5 Å². The van der Waals surface area contributed by atoms with E-state index >= 15 is 0 Å². The Hall–Kier alpha value is -4.08. The number of halogens is 1. The highest BCUT2D eigenvalue weighted by atomic mass is 35.5. The van der Waals surface area contributed by atoms with Gasteiger partial charge in [0.1, 0.15) is 0 Å². The molecule has 260 valence electrons. The summed E-state index contributed by atoms with van der Waals surface area (Å²) in [4.78, 5) is 42.0. The van der Waals surface area contributed by atoms with Crippen LogP contribution >= 0.6 is 11.6 Å². The predicted octanol–water partition coefficient (Wildman–Crippen LogP) is 6.74. The maximum absolute atomic E-state index is 14.0. The summed E-state index contributed by atoms with van der Waals surface area (Å²) < 4.78 is 16.8. The Labute approximate surface area is 293 Å². The fraction of sp³-hybridized carbons (Fsp3) is 0.462. The quantitative estimate of drug-likeness (QED) is 0.248. The number of nitrogens with zero attached hydrogens (tertiary/aromatic N) is 2. The molecule has 2 saturated heterocycles. The van der Waals surface area contributed by atoms with Gasteiger partial charge in [-0.15, -0.1) is 0 Å². The molecule has 10 heteroatoms. The summed E-state index contributed by atoms with van der Waals surface area (Å²) in [7, 11) is 1.60. The molecule has 0 aromatic heterocycles. The molecule has 2 amide bonds. The molecule has 3 aliphatic heterocycles. The van der Waals surface area contributed by atoms with Gasteiger partial charge in [-0.25, -0.2) is 0 Å². The van der Waals surface area contributed by atoms with Crippen molar-refractivity contribution in [2.45, 2.75) is 96.1 Å². The van der Waals surface area contributed by atoms with E-state index in [1.807, 2.05) is 91.2 Å². The van der Waals surface area contributed by atoms with Crippen molar-refractivity contribution in [3.05, 3.63) is 87.9 Å². The lowest BCUT2D eigenvalue weighted by Crippen LogP contribution is -2.58. The molecule has 0 spiro atoms. The van der Waals surface area contributed by atoms with Crippen molar-refractivity contribution in [2.75, 3.05) is 18.6 Å². The fourth-order valence-corrected chi connectivity index (χ4v) is 8.14. The van der Waals surface area contributed by atoms with E-state index in [2.05, 4.69) is 0 Å². The zero-order chi connectivity index (χ0) is 35.0. The van der Waals surface area contributed by atoms with Gasteiger partial charge in [0.15, 0.2) is 18.1 Å². The maximum atomic E-state index is 14.0. The molecular formula is C39H45ClN2O7. The van der Waals surface area contributed by atoms with Gasteiger partial charge in [0.05, 0.1) is 31.3 Å². The molecule has 3 heterocycles. The van der Waals surface area contributed by atoms with Crippen LogP contribution in [-0.4, -0.2) is 59.7 Å². The molecule has 2 bridgehead atoms. The summed E-state index contributed by atoms with van der Waals surface area (Å²) in [6.45, 7) is 6.82. The number of carbonyl (C=O) groups excluding carboxylic acids is 3. The average Bonchev–Trinajstić information content (AvgIpc) is 3.06. The molecule has 9 nitrogen and oxygen atoms in total. The average molecular weight is 689 g/mol. The van der Waals surface area contributed by atoms with E-state index < -0.39 is 17.6 Å². The SMILES string of the molecule is COc1cc2c(cc1OC(C)C)[C@H](c1ccc(Cl)cc1)N(c1ccc(C(C)(O)C3CC4CCCC(C3)N4C(=O)COC(C)=O)cc1)C(=O)C2. The van der Waals surface area contributed by atoms with Crippen molar-refractivity contribution in [2.24, 2.45) is 5.92 Å². The van der Waals surface area contributed by atoms with E-state index in [9.17, 15) is 19.5 Å². The minimum absolute atomic E-state index is 0.0133. The Morgan fingerprint density at radius 3 is 2.24 bits per heavy atom. The highest BCUT2D eigenvalue weighted by molar-refractivity contribution is 6.30. The Kier molecular flexibility index (Phi) is 9.96. The first kappa shape index (κ1) is 34.8. The van der Waals surface area contributed by atoms with Crippen LogP contribution in [0.1, 0.15) is 88.1 Å². The Morgan fingerprint density at radius 1 is 1.00 bits per heavy atom. The lowest BCUT2D eigenvalue weighted by molar-refractivity contribution is -0.159. The summed E-state index contributed by atoms with van der Waals surface area (Å²) in [6, 6.07) is 18.6. The fourth-order valence-electron chi connectivity index (χ4n) is 8.01. The van der Waals surface area contributed by atoms with Crippen LogP contribution in [0.3, 0.4) is 0 Å². The van der Waals surface area contributed by atoms with Gasteiger partial charge in [-0.3, -0.25) is 14.4 Å². The maximum Gasteiger partial charge on any atom is 0.303 e. The molecule has 4 atom stereocenters. The second-order valence-corrected chi connectivity index (χ2v) is 14.4. The second kappa shape index (κ2) is 14.0. The van der Waals surface area contributed by atoms with Crippen LogP contribution in [-0.2, 0) is 31.1 Å². The Balaban J connectivity index is 1.30. The van der Waals surface area contributed by atoms with Crippen molar-refractivity contribution in [3.8, 4) is 11.5 Å². The summed E-state index contributed by atoms with van der Waals surface area (Å²) in [5.74, 6) is 0.409. The number of hydrogen-bond donors (Lipinski definition) is 1. The first-order chi connectivity index (χ1) is 23.4. The molecule has 1 N–H and O–H groups in total. The lowest BCUT2D eigenvalue weighted by atomic mass is 9.69. The smallest absolute Gasteiger partial charge is 0.303 e. The standard InChI is InChI=1S/C39H45ClN2O7/c1-23(2)49-35-21-33-26(17-34(35)47-5)18-36(44)42(38(33)25-9-13-29(40)14-10-25)30-15-11-27(12-16-30)39(4,46)28-19-31-7-6-8-32(20-28)41(31)37(45)22-48-24(3)43/h9-17,21,23,28,31-32,38,46H,6-8,18-20,22H2,1-5H3/t28?,31?,32?,38-,39?/m0/s1. The molecule has 2 fully saturated rings. The summed E-state index contributed by atoms with van der Waals surface area (Å²) in [6.07, 6.45) is 4.16. The number of carbonyl (C=O) groups is 3. The number of amides is 2. The van der Waals surface area contributed by atoms with E-state index in [-0.39, 0.29) is 48.9 Å². The van der Waals surface area contributed by atoms with Gasteiger partial charge in [-0.1, -0.05) is 35.9 Å². The Morgan fingerprint density at radius 2 is 1.65 bits per heavy atom. The molecular weight excluding hydrogens is 644 g/mol. The van der Waals surface area contributed by atoms with Crippen molar-refractivity contribution >= 4 is 35.1 Å². The largest absolute Gasteiger partial charge is 0.493 e. The monoisotopic (exact) mass is 688 g/mol. The van der Waals surface area contributed by atoms with Crippen molar-refractivity contribution < 1.29 is 33.7 Å².